The lowest BCUT2D eigenvalue weighted by atomic mass is 9.45. The van der Waals surface area contributed by atoms with Crippen LogP contribution in [0.4, 0.5) is 4.79 Å². The van der Waals surface area contributed by atoms with Crippen LogP contribution >= 0.6 is 0 Å². The number of benzene rings is 1. The number of rotatable bonds is 10. The van der Waals surface area contributed by atoms with Crippen molar-refractivity contribution in [3.63, 3.8) is 0 Å². The highest BCUT2D eigenvalue weighted by molar-refractivity contribution is 7.86. The normalized spacial score (nSPS) is 34.8. The number of carbonyl (C=O) groups is 3. The summed E-state index contributed by atoms with van der Waals surface area (Å²) in [7, 11) is -4.26. The summed E-state index contributed by atoms with van der Waals surface area (Å²) < 4.78 is 42.7. The topological polar surface area (TPSA) is 133 Å². The predicted octanol–water partition coefficient (Wildman–Crippen LogP) is 5.85. The minimum atomic E-state index is -4.26. The number of aliphatic hydroxyl groups is 1. The molecule has 242 valence electrons. The minimum absolute atomic E-state index is 0.0372. The highest BCUT2D eigenvalue weighted by Crippen LogP contribution is 2.68. The summed E-state index contributed by atoms with van der Waals surface area (Å²) in [6, 6.07) is 6.13. The van der Waals surface area contributed by atoms with Gasteiger partial charge in [0, 0.05) is 11.8 Å². The van der Waals surface area contributed by atoms with Gasteiger partial charge in [0.25, 0.3) is 10.1 Å². The summed E-state index contributed by atoms with van der Waals surface area (Å²) in [4.78, 5) is 39.5. The maximum atomic E-state index is 14.2. The number of fused-ring (bicyclic) bond motifs is 5. The summed E-state index contributed by atoms with van der Waals surface area (Å²) in [5, 5.41) is 11.8. The first-order valence-electron chi connectivity index (χ1n) is 16.0. The average molecular weight is 631 g/mol. The maximum absolute atomic E-state index is 14.2. The summed E-state index contributed by atoms with van der Waals surface area (Å²) in [5.74, 6) is -0.658. The number of hydrogen-bond acceptors (Lipinski definition) is 9. The molecule has 0 bridgehead atoms. The molecule has 1 aromatic carbocycles. The summed E-state index contributed by atoms with van der Waals surface area (Å²) in [6.45, 7) is 7.25. The SMILES string of the molecule is CCCCCOC(=O)O[C@]1(C(=O)COS(=O)(=O)c2ccc(C)cc2)CC[C@H]2[C@@H]3CCC4=CC(=O)CC[C@]4(C)[C@H]3[C@@H](O)C[C@@]21C. The maximum Gasteiger partial charge on any atom is 0.509 e. The van der Waals surface area contributed by atoms with Gasteiger partial charge in [-0.25, -0.2) is 4.79 Å². The number of carbonyl (C=O) groups excluding carboxylic acids is 3. The lowest BCUT2D eigenvalue weighted by Gasteiger charge is -2.60. The van der Waals surface area contributed by atoms with Crippen LogP contribution in [0.15, 0.2) is 40.8 Å². The molecule has 0 heterocycles. The second-order valence-electron chi connectivity index (χ2n) is 13.8. The Morgan fingerprint density at radius 1 is 1.05 bits per heavy atom. The molecule has 0 aliphatic heterocycles. The van der Waals surface area contributed by atoms with Crippen molar-refractivity contribution in [2.45, 2.75) is 109 Å². The van der Waals surface area contributed by atoms with E-state index in [0.717, 1.165) is 36.8 Å². The van der Waals surface area contributed by atoms with Gasteiger partial charge >= 0.3 is 6.16 Å². The lowest BCUT2D eigenvalue weighted by Crippen LogP contribution is -2.63. The quantitative estimate of drug-likeness (QED) is 0.192. The van der Waals surface area contributed by atoms with Crippen molar-refractivity contribution in [2.75, 3.05) is 13.2 Å². The fraction of sp³-hybridized carbons (Fsp3) is 0.676. The first-order valence-corrected chi connectivity index (χ1v) is 17.5. The fourth-order valence-corrected chi connectivity index (χ4v) is 9.93. The molecule has 9 nitrogen and oxygen atoms in total. The minimum Gasteiger partial charge on any atom is -0.434 e. The van der Waals surface area contributed by atoms with Crippen LogP contribution in [0, 0.1) is 35.5 Å². The number of ketones is 2. The molecule has 4 aliphatic rings. The lowest BCUT2D eigenvalue weighted by molar-refractivity contribution is -0.186. The number of Topliss-reactive ketones (excluding diaryl/α,β-unsaturated/α-hetero) is 1. The van der Waals surface area contributed by atoms with Crippen LogP contribution in [0.1, 0.15) is 90.5 Å². The van der Waals surface area contributed by atoms with Crippen molar-refractivity contribution < 1.29 is 41.6 Å². The molecular weight excluding hydrogens is 584 g/mol. The highest BCUT2D eigenvalue weighted by atomic mass is 32.2. The van der Waals surface area contributed by atoms with Crippen LogP contribution in [0.3, 0.4) is 0 Å². The van der Waals surface area contributed by atoms with E-state index in [2.05, 4.69) is 6.92 Å². The molecule has 3 saturated carbocycles. The first kappa shape index (κ1) is 32.8. The Morgan fingerprint density at radius 2 is 1.77 bits per heavy atom. The number of aliphatic hydroxyl groups excluding tert-OH is 1. The van der Waals surface area contributed by atoms with Gasteiger partial charge in [0.15, 0.2) is 11.4 Å². The van der Waals surface area contributed by atoms with Crippen molar-refractivity contribution in [2.24, 2.45) is 28.6 Å². The highest BCUT2D eigenvalue weighted by Gasteiger charge is 2.70. The van der Waals surface area contributed by atoms with Crippen LogP contribution in [-0.4, -0.2) is 56.2 Å². The largest absolute Gasteiger partial charge is 0.509 e. The van der Waals surface area contributed by atoms with Crippen LogP contribution in [0.2, 0.25) is 0 Å². The first-order chi connectivity index (χ1) is 20.8. The zero-order valence-corrected chi connectivity index (χ0v) is 27.1. The van der Waals surface area contributed by atoms with Crippen LogP contribution < -0.4 is 0 Å². The Hall–Kier alpha value is -2.56. The van der Waals surface area contributed by atoms with E-state index in [4.69, 9.17) is 13.7 Å². The van der Waals surface area contributed by atoms with E-state index in [1.807, 2.05) is 20.8 Å². The van der Waals surface area contributed by atoms with Gasteiger partial charge in [-0.05, 0) is 93.2 Å². The molecule has 0 aromatic heterocycles. The van der Waals surface area contributed by atoms with E-state index in [0.29, 0.717) is 25.7 Å². The van der Waals surface area contributed by atoms with Gasteiger partial charge in [-0.1, -0.05) is 56.9 Å². The van der Waals surface area contributed by atoms with E-state index in [1.54, 1.807) is 18.2 Å². The van der Waals surface area contributed by atoms with Gasteiger partial charge in [-0.2, -0.15) is 8.42 Å². The van der Waals surface area contributed by atoms with Gasteiger partial charge in [0.05, 0.1) is 17.6 Å². The monoisotopic (exact) mass is 630 g/mol. The standard InChI is InChI=1S/C34H46O9S/c1-5-6-7-18-41-31(38)43-34(29(37)21-42-44(39,40)25-11-8-22(2)9-12-25)17-15-27-26-13-10-23-19-24(35)14-16-32(23,3)30(26)28(36)20-33(27,34)4/h8-9,11-12,19,26-28,30,36H,5-7,10,13-18,20-21H2,1-4H3/t26-,27-,28-,30+,32-,33-,34-/m0/s1. The Bertz CT molecular complexity index is 1420. The van der Waals surface area contributed by atoms with Crippen LogP contribution in [0.5, 0.6) is 0 Å². The second-order valence-corrected chi connectivity index (χ2v) is 15.4. The summed E-state index contributed by atoms with van der Waals surface area (Å²) in [6.07, 6.45) is 6.01. The van der Waals surface area contributed by atoms with Gasteiger partial charge < -0.3 is 14.6 Å². The van der Waals surface area contributed by atoms with Crippen molar-refractivity contribution in [3.8, 4) is 0 Å². The average Bonchev–Trinajstić information content (AvgIpc) is 3.26. The molecule has 0 spiro atoms. The molecule has 7 atom stereocenters. The molecule has 44 heavy (non-hydrogen) atoms. The summed E-state index contributed by atoms with van der Waals surface area (Å²) in [5.41, 5.74) is -1.06. The number of allylic oxidation sites excluding steroid dienone is 1. The number of unbranched alkanes of at least 4 members (excludes halogenated alkanes) is 2. The smallest absolute Gasteiger partial charge is 0.434 e. The molecule has 4 aliphatic carbocycles. The fourth-order valence-electron chi connectivity index (χ4n) is 9.06. The van der Waals surface area contributed by atoms with Crippen LogP contribution in [0.25, 0.3) is 0 Å². The Labute approximate surface area is 260 Å². The molecule has 1 aromatic rings. The number of ether oxygens (including phenoxy) is 2. The molecule has 0 amide bonds. The molecule has 3 fully saturated rings. The molecule has 0 saturated heterocycles. The molecule has 5 rings (SSSR count). The zero-order valence-electron chi connectivity index (χ0n) is 26.3. The van der Waals surface area contributed by atoms with Gasteiger partial charge in [-0.15, -0.1) is 0 Å². The van der Waals surface area contributed by atoms with E-state index in [1.165, 1.54) is 12.1 Å². The predicted molar refractivity (Wildman–Crippen MR) is 162 cm³/mol. The van der Waals surface area contributed by atoms with Crippen LogP contribution in [-0.2, 0) is 33.4 Å². The van der Waals surface area contributed by atoms with Gasteiger partial charge in [-0.3, -0.25) is 13.8 Å². The van der Waals surface area contributed by atoms with Gasteiger partial charge in [0.1, 0.15) is 6.61 Å². The Balaban J connectivity index is 1.44. The second kappa shape index (κ2) is 12.3. The zero-order chi connectivity index (χ0) is 31.9. The molecule has 0 unspecified atom stereocenters. The van der Waals surface area contributed by atoms with Crippen molar-refractivity contribution in [3.05, 3.63) is 41.5 Å². The third kappa shape index (κ3) is 5.66. The van der Waals surface area contributed by atoms with Gasteiger partial charge in [0.2, 0.25) is 5.78 Å². The van der Waals surface area contributed by atoms with E-state index in [9.17, 15) is 27.9 Å². The van der Waals surface area contributed by atoms with Crippen molar-refractivity contribution in [1.82, 2.24) is 0 Å². The van der Waals surface area contributed by atoms with E-state index < -0.39 is 45.8 Å². The number of hydrogen-bond donors (Lipinski definition) is 1. The Morgan fingerprint density at radius 3 is 2.48 bits per heavy atom. The van der Waals surface area contributed by atoms with E-state index in [-0.39, 0.29) is 53.3 Å². The van der Waals surface area contributed by atoms with Crippen molar-refractivity contribution in [1.29, 1.82) is 0 Å². The molecular formula is C34H46O9S. The Kier molecular flexibility index (Phi) is 9.19. The third-order valence-electron chi connectivity index (χ3n) is 11.3. The summed E-state index contributed by atoms with van der Waals surface area (Å²) >= 11 is 0. The third-order valence-corrected chi connectivity index (χ3v) is 12.6. The van der Waals surface area contributed by atoms with E-state index >= 15 is 0 Å². The molecule has 0 radical (unpaired) electrons. The molecule has 10 heteroatoms. The number of aryl methyl sites for hydroxylation is 1. The molecule has 1 N–H and O–H groups in total. The van der Waals surface area contributed by atoms with Crippen molar-refractivity contribution >= 4 is 27.8 Å².